The van der Waals surface area contributed by atoms with Crippen molar-refractivity contribution in [3.8, 4) is 0 Å². The Morgan fingerprint density at radius 2 is 0.593 bits per heavy atom. The van der Waals surface area contributed by atoms with Crippen LogP contribution in [0.25, 0.3) is 0 Å². The van der Waals surface area contributed by atoms with Crippen LogP contribution in [-0.2, 0) is 0 Å². The van der Waals surface area contributed by atoms with Crippen LogP contribution in [0.3, 0.4) is 0 Å². The Morgan fingerprint density at radius 3 is 0.815 bits per heavy atom. The molecule has 4 aliphatic carbocycles. The standard InChI is InChI=1S/C27H42/c1-19-25(22-13-7-4-8-14-22)20(2)27(24-17-11-6-12-18-24)21(3)26(19)23-15-9-5-10-16-23/h22-27H,1-18H2. The van der Waals surface area contributed by atoms with Gasteiger partial charge in [-0.1, -0.05) is 94.2 Å². The second-order valence-electron chi connectivity index (χ2n) is 10.4. The van der Waals surface area contributed by atoms with Gasteiger partial charge in [0.2, 0.25) is 0 Å². The van der Waals surface area contributed by atoms with Crippen LogP contribution in [0.5, 0.6) is 0 Å². The van der Waals surface area contributed by atoms with E-state index in [4.69, 9.17) is 19.7 Å². The molecule has 4 saturated carbocycles. The van der Waals surface area contributed by atoms with Gasteiger partial charge in [0.05, 0.1) is 0 Å². The predicted molar refractivity (Wildman–Crippen MR) is 118 cm³/mol. The van der Waals surface area contributed by atoms with Crippen molar-refractivity contribution in [1.29, 1.82) is 0 Å². The summed E-state index contributed by atoms with van der Waals surface area (Å²) < 4.78 is 0. The van der Waals surface area contributed by atoms with Gasteiger partial charge in [-0.2, -0.15) is 0 Å². The van der Waals surface area contributed by atoms with E-state index in [0.29, 0.717) is 17.8 Å². The molecule has 0 heterocycles. The highest BCUT2D eigenvalue weighted by molar-refractivity contribution is 5.40. The first kappa shape index (κ1) is 19.5. The van der Waals surface area contributed by atoms with Crippen LogP contribution < -0.4 is 0 Å². The van der Waals surface area contributed by atoms with Crippen molar-refractivity contribution < 1.29 is 0 Å². The molecular formula is C27H42. The van der Waals surface area contributed by atoms with Gasteiger partial charge in [-0.3, -0.25) is 0 Å². The second kappa shape index (κ2) is 8.71. The fourth-order valence-corrected chi connectivity index (χ4v) is 7.51. The molecule has 0 aromatic carbocycles. The molecule has 4 rings (SSSR count). The van der Waals surface area contributed by atoms with Gasteiger partial charge in [0.1, 0.15) is 0 Å². The van der Waals surface area contributed by atoms with Crippen LogP contribution >= 0.6 is 0 Å². The smallest absolute Gasteiger partial charge is 0.00420 e. The molecule has 27 heavy (non-hydrogen) atoms. The minimum absolute atomic E-state index is 0.592. The molecule has 0 heteroatoms. The van der Waals surface area contributed by atoms with Crippen LogP contribution in [0.15, 0.2) is 36.5 Å². The van der Waals surface area contributed by atoms with Crippen LogP contribution in [0, 0.1) is 35.5 Å². The fraction of sp³-hybridized carbons (Fsp3) is 0.778. The van der Waals surface area contributed by atoms with Gasteiger partial charge in [0, 0.05) is 17.8 Å². The molecule has 0 spiro atoms. The molecule has 150 valence electrons. The van der Waals surface area contributed by atoms with Crippen LogP contribution in [-0.4, -0.2) is 0 Å². The molecule has 0 saturated heterocycles. The second-order valence-corrected chi connectivity index (χ2v) is 10.4. The van der Waals surface area contributed by atoms with E-state index in [0.717, 1.165) is 17.8 Å². The molecule has 0 radical (unpaired) electrons. The zero-order valence-corrected chi connectivity index (χ0v) is 17.7. The molecule has 0 bridgehead atoms. The molecule has 0 aromatic heterocycles. The first-order valence-corrected chi connectivity index (χ1v) is 12.2. The Bertz CT molecular complexity index is 450. The van der Waals surface area contributed by atoms with E-state index < -0.39 is 0 Å². The molecule has 0 nitrogen and oxygen atoms in total. The fourth-order valence-electron chi connectivity index (χ4n) is 7.51. The number of hydrogen-bond donors (Lipinski definition) is 0. The van der Waals surface area contributed by atoms with Gasteiger partial charge >= 0.3 is 0 Å². The molecular weight excluding hydrogens is 324 g/mol. The van der Waals surface area contributed by atoms with Crippen LogP contribution in [0.4, 0.5) is 0 Å². The lowest BCUT2D eigenvalue weighted by atomic mass is 9.54. The lowest BCUT2D eigenvalue weighted by molar-refractivity contribution is 0.189. The van der Waals surface area contributed by atoms with Crippen LogP contribution in [0.2, 0.25) is 0 Å². The summed E-state index contributed by atoms with van der Waals surface area (Å²) in [7, 11) is 0. The highest BCUT2D eigenvalue weighted by Crippen LogP contribution is 2.56. The van der Waals surface area contributed by atoms with Crippen molar-refractivity contribution in [3.63, 3.8) is 0 Å². The van der Waals surface area contributed by atoms with Crippen molar-refractivity contribution in [3.05, 3.63) is 36.5 Å². The Hall–Kier alpha value is -0.780. The maximum Gasteiger partial charge on any atom is 0.00420 e. The summed E-state index contributed by atoms with van der Waals surface area (Å²) in [6, 6.07) is 0. The summed E-state index contributed by atoms with van der Waals surface area (Å²) in [5, 5.41) is 0. The van der Waals surface area contributed by atoms with Gasteiger partial charge in [-0.25, -0.2) is 0 Å². The topological polar surface area (TPSA) is 0 Å². The summed E-state index contributed by atoms with van der Waals surface area (Å²) in [6.07, 6.45) is 21.3. The zero-order chi connectivity index (χ0) is 18.8. The van der Waals surface area contributed by atoms with Crippen molar-refractivity contribution in [2.75, 3.05) is 0 Å². The third-order valence-electron chi connectivity index (χ3n) is 8.76. The maximum absolute atomic E-state index is 4.79. The minimum Gasteiger partial charge on any atom is -0.0986 e. The highest BCUT2D eigenvalue weighted by atomic mass is 14.5. The molecule has 0 unspecified atom stereocenters. The van der Waals surface area contributed by atoms with E-state index in [1.54, 1.807) is 0 Å². The maximum atomic E-state index is 4.79. The SMILES string of the molecule is C=C1C(C2CCCCC2)C(=C)C(C2CCCCC2)C(=C)C1C1CCCCC1. The monoisotopic (exact) mass is 366 g/mol. The molecule has 0 aliphatic heterocycles. The minimum atomic E-state index is 0.592. The Labute approximate surface area is 168 Å². The van der Waals surface area contributed by atoms with Gasteiger partial charge in [0.15, 0.2) is 0 Å². The number of allylic oxidation sites excluding steroid dienone is 3. The lowest BCUT2D eigenvalue weighted by Gasteiger charge is -2.50. The summed E-state index contributed by atoms with van der Waals surface area (Å²) in [6.45, 7) is 14.4. The average Bonchev–Trinajstić information content (AvgIpc) is 2.70. The predicted octanol–water partition coefficient (Wildman–Crippen LogP) is 8.26. The van der Waals surface area contributed by atoms with Crippen molar-refractivity contribution >= 4 is 0 Å². The van der Waals surface area contributed by atoms with Crippen molar-refractivity contribution in [2.24, 2.45) is 35.5 Å². The average molecular weight is 367 g/mol. The van der Waals surface area contributed by atoms with Crippen molar-refractivity contribution in [2.45, 2.75) is 96.3 Å². The number of rotatable bonds is 3. The molecule has 0 amide bonds. The molecule has 4 fully saturated rings. The first-order valence-electron chi connectivity index (χ1n) is 12.2. The van der Waals surface area contributed by atoms with E-state index in [9.17, 15) is 0 Å². The quantitative estimate of drug-likeness (QED) is 0.441. The normalized spacial score (nSPS) is 35.6. The van der Waals surface area contributed by atoms with Gasteiger partial charge < -0.3 is 0 Å². The van der Waals surface area contributed by atoms with E-state index >= 15 is 0 Å². The number of hydrogen-bond acceptors (Lipinski definition) is 0. The first-order chi connectivity index (χ1) is 13.2. The zero-order valence-electron chi connectivity index (χ0n) is 17.7. The summed E-state index contributed by atoms with van der Waals surface area (Å²) in [4.78, 5) is 0. The Morgan fingerprint density at radius 1 is 0.370 bits per heavy atom. The summed E-state index contributed by atoms with van der Waals surface area (Å²) >= 11 is 0. The Kier molecular flexibility index (Phi) is 6.30. The van der Waals surface area contributed by atoms with Crippen LogP contribution in [0.1, 0.15) is 96.3 Å². The van der Waals surface area contributed by atoms with Gasteiger partial charge in [-0.05, 0) is 56.3 Å². The third-order valence-corrected chi connectivity index (χ3v) is 8.76. The Balaban J connectivity index is 1.64. The lowest BCUT2D eigenvalue weighted by Crippen LogP contribution is -2.40. The summed E-state index contributed by atoms with van der Waals surface area (Å²) in [5.41, 5.74) is 4.61. The van der Waals surface area contributed by atoms with E-state index in [1.807, 2.05) is 0 Å². The molecule has 0 aromatic rings. The third kappa shape index (κ3) is 3.88. The molecule has 0 N–H and O–H groups in total. The van der Waals surface area contributed by atoms with Crippen molar-refractivity contribution in [1.82, 2.24) is 0 Å². The summed E-state index contributed by atoms with van der Waals surface area (Å²) in [5.74, 6) is 4.25. The van der Waals surface area contributed by atoms with E-state index in [1.165, 1.54) is 113 Å². The molecule has 0 atom stereocenters. The van der Waals surface area contributed by atoms with E-state index in [-0.39, 0.29) is 0 Å². The van der Waals surface area contributed by atoms with E-state index in [2.05, 4.69) is 0 Å². The highest BCUT2D eigenvalue weighted by Gasteiger charge is 2.46. The van der Waals surface area contributed by atoms with Gasteiger partial charge in [-0.15, -0.1) is 0 Å². The largest absolute Gasteiger partial charge is 0.0986 e. The molecule has 4 aliphatic rings. The van der Waals surface area contributed by atoms with Gasteiger partial charge in [0.25, 0.3) is 0 Å².